The van der Waals surface area contributed by atoms with Crippen molar-refractivity contribution in [1.29, 1.82) is 0 Å². The zero-order valence-electron chi connectivity index (χ0n) is 10.2. The number of pyridine rings is 1. The minimum Gasteiger partial charge on any atom is -0.497 e. The molecule has 86 valence electrons. The van der Waals surface area contributed by atoms with E-state index in [9.17, 15) is 0 Å². The lowest BCUT2D eigenvalue weighted by atomic mass is 10.1. The van der Waals surface area contributed by atoms with Crippen molar-refractivity contribution in [2.45, 2.75) is 13.8 Å². The molecular weight excluding hydrogens is 212 g/mol. The molecule has 17 heavy (non-hydrogen) atoms. The Balaban J connectivity index is 2.48. The van der Waals surface area contributed by atoms with E-state index in [1.807, 2.05) is 24.4 Å². The van der Waals surface area contributed by atoms with E-state index in [-0.39, 0.29) is 0 Å². The molecule has 3 nitrogen and oxygen atoms in total. The first-order chi connectivity index (χ1) is 8.20. The molecular formula is C14H14N2O. The van der Waals surface area contributed by atoms with E-state index in [1.54, 1.807) is 7.11 Å². The van der Waals surface area contributed by atoms with Crippen LogP contribution in [0.1, 0.15) is 11.3 Å². The first-order valence-corrected chi connectivity index (χ1v) is 5.62. The molecule has 0 amide bonds. The quantitative estimate of drug-likeness (QED) is 0.691. The van der Waals surface area contributed by atoms with Crippen LogP contribution in [0.4, 0.5) is 0 Å². The summed E-state index contributed by atoms with van der Waals surface area (Å²) < 4.78 is 5.27. The molecule has 3 heteroatoms. The van der Waals surface area contributed by atoms with Crippen LogP contribution in [0.15, 0.2) is 24.4 Å². The lowest BCUT2D eigenvalue weighted by Gasteiger charge is -2.03. The summed E-state index contributed by atoms with van der Waals surface area (Å²) in [4.78, 5) is 7.91. The number of aryl methyl sites for hydroxylation is 2. The van der Waals surface area contributed by atoms with Gasteiger partial charge >= 0.3 is 0 Å². The number of methoxy groups -OCH3 is 1. The summed E-state index contributed by atoms with van der Waals surface area (Å²) >= 11 is 0. The number of aromatic amines is 1. The molecule has 0 radical (unpaired) electrons. The van der Waals surface area contributed by atoms with E-state index in [0.717, 1.165) is 22.2 Å². The highest BCUT2D eigenvalue weighted by Gasteiger charge is 2.09. The molecule has 0 fully saturated rings. The van der Waals surface area contributed by atoms with Crippen LogP contribution in [-0.2, 0) is 0 Å². The van der Waals surface area contributed by atoms with Crippen LogP contribution in [-0.4, -0.2) is 17.1 Å². The molecule has 0 saturated heterocycles. The molecule has 0 bridgehead atoms. The second kappa shape index (κ2) is 3.48. The zero-order chi connectivity index (χ0) is 12.0. The summed E-state index contributed by atoms with van der Waals surface area (Å²) in [5.41, 5.74) is 4.58. The number of ether oxygens (including phenoxy) is 1. The molecule has 3 aromatic rings. The third kappa shape index (κ3) is 1.39. The van der Waals surface area contributed by atoms with Crippen LogP contribution in [0, 0.1) is 13.8 Å². The monoisotopic (exact) mass is 226 g/mol. The van der Waals surface area contributed by atoms with E-state index in [2.05, 4.69) is 23.8 Å². The Morgan fingerprint density at radius 2 is 2.00 bits per heavy atom. The second-order valence-electron chi connectivity index (χ2n) is 4.30. The van der Waals surface area contributed by atoms with Gasteiger partial charge in [0, 0.05) is 22.7 Å². The maximum Gasteiger partial charge on any atom is 0.119 e. The van der Waals surface area contributed by atoms with Gasteiger partial charge < -0.3 is 9.72 Å². The average Bonchev–Trinajstić information content (AvgIpc) is 2.65. The molecule has 0 aliphatic heterocycles. The Morgan fingerprint density at radius 1 is 1.18 bits per heavy atom. The van der Waals surface area contributed by atoms with Crippen molar-refractivity contribution in [1.82, 2.24) is 9.97 Å². The number of nitrogens with one attached hydrogen (secondary N) is 1. The van der Waals surface area contributed by atoms with E-state index in [1.165, 1.54) is 16.6 Å². The van der Waals surface area contributed by atoms with Crippen LogP contribution in [0.25, 0.3) is 21.8 Å². The van der Waals surface area contributed by atoms with Crippen molar-refractivity contribution < 1.29 is 4.74 Å². The van der Waals surface area contributed by atoms with Gasteiger partial charge in [0.05, 0.1) is 18.1 Å². The fourth-order valence-electron chi connectivity index (χ4n) is 2.20. The Labute approximate surface area is 99.4 Å². The standard InChI is InChI=1S/C14H14N2O/c1-8-9(2)16-14-11-6-10(17-3)4-5-13(11)15-7-12(8)14/h4-7,16H,1-3H3. The van der Waals surface area contributed by atoms with Crippen molar-refractivity contribution in [2.24, 2.45) is 0 Å². The van der Waals surface area contributed by atoms with E-state index in [0.29, 0.717) is 0 Å². The minimum absolute atomic E-state index is 0.858. The summed E-state index contributed by atoms with van der Waals surface area (Å²) in [6, 6.07) is 5.95. The summed E-state index contributed by atoms with van der Waals surface area (Å²) in [7, 11) is 1.68. The van der Waals surface area contributed by atoms with Crippen LogP contribution in [0.5, 0.6) is 5.75 Å². The van der Waals surface area contributed by atoms with E-state index >= 15 is 0 Å². The number of hydrogen-bond donors (Lipinski definition) is 1. The maximum atomic E-state index is 5.27. The van der Waals surface area contributed by atoms with Gasteiger partial charge in [0.15, 0.2) is 0 Å². The normalized spacial score (nSPS) is 11.2. The largest absolute Gasteiger partial charge is 0.497 e. The van der Waals surface area contributed by atoms with E-state index < -0.39 is 0 Å². The van der Waals surface area contributed by atoms with Gasteiger partial charge in [-0.25, -0.2) is 0 Å². The minimum atomic E-state index is 0.858. The number of rotatable bonds is 1. The fourth-order valence-corrected chi connectivity index (χ4v) is 2.20. The maximum absolute atomic E-state index is 5.27. The highest BCUT2D eigenvalue weighted by molar-refractivity contribution is 6.05. The predicted molar refractivity (Wildman–Crippen MR) is 69.6 cm³/mol. The molecule has 0 saturated carbocycles. The molecule has 1 N–H and O–H groups in total. The number of hydrogen-bond acceptors (Lipinski definition) is 2. The number of nitrogens with zero attached hydrogens (tertiary/aromatic N) is 1. The fraction of sp³-hybridized carbons (Fsp3) is 0.214. The Bertz CT molecular complexity index is 713. The van der Waals surface area contributed by atoms with Crippen molar-refractivity contribution in [2.75, 3.05) is 7.11 Å². The van der Waals surface area contributed by atoms with Gasteiger partial charge in [0.1, 0.15) is 5.75 Å². The van der Waals surface area contributed by atoms with Crippen molar-refractivity contribution in [3.8, 4) is 5.75 Å². The molecule has 0 spiro atoms. The third-order valence-electron chi connectivity index (χ3n) is 3.35. The highest BCUT2D eigenvalue weighted by Crippen LogP contribution is 2.29. The smallest absolute Gasteiger partial charge is 0.119 e. The topological polar surface area (TPSA) is 37.9 Å². The van der Waals surface area contributed by atoms with Crippen molar-refractivity contribution >= 4 is 21.8 Å². The summed E-state index contributed by atoms with van der Waals surface area (Å²) in [5.74, 6) is 0.858. The van der Waals surface area contributed by atoms with Gasteiger partial charge in [-0.3, -0.25) is 4.98 Å². The van der Waals surface area contributed by atoms with Crippen LogP contribution >= 0.6 is 0 Å². The number of fused-ring (bicyclic) bond motifs is 3. The molecule has 0 atom stereocenters. The first-order valence-electron chi connectivity index (χ1n) is 5.62. The van der Waals surface area contributed by atoms with E-state index in [4.69, 9.17) is 4.74 Å². The Morgan fingerprint density at radius 3 is 2.76 bits per heavy atom. The highest BCUT2D eigenvalue weighted by atomic mass is 16.5. The van der Waals surface area contributed by atoms with Crippen LogP contribution in [0.3, 0.4) is 0 Å². The molecule has 2 heterocycles. The van der Waals surface area contributed by atoms with Gasteiger partial charge in [-0.05, 0) is 37.6 Å². The van der Waals surface area contributed by atoms with Gasteiger partial charge in [0.2, 0.25) is 0 Å². The molecule has 0 unspecified atom stereocenters. The number of aromatic nitrogens is 2. The van der Waals surface area contributed by atoms with Crippen LogP contribution < -0.4 is 4.74 Å². The number of H-pyrrole nitrogens is 1. The first kappa shape index (κ1) is 10.1. The van der Waals surface area contributed by atoms with Crippen molar-refractivity contribution in [3.05, 3.63) is 35.7 Å². The van der Waals surface area contributed by atoms with Gasteiger partial charge in [-0.1, -0.05) is 0 Å². The van der Waals surface area contributed by atoms with Crippen LogP contribution in [0.2, 0.25) is 0 Å². The molecule has 1 aromatic carbocycles. The van der Waals surface area contributed by atoms with Crippen molar-refractivity contribution in [3.63, 3.8) is 0 Å². The molecule has 0 aliphatic rings. The Kier molecular flexibility index (Phi) is 2.08. The lowest BCUT2D eigenvalue weighted by Crippen LogP contribution is -1.85. The predicted octanol–water partition coefficient (Wildman–Crippen LogP) is 3.34. The SMILES string of the molecule is COc1ccc2ncc3c(C)c(C)[nH]c3c2c1. The third-order valence-corrected chi connectivity index (χ3v) is 3.35. The Hall–Kier alpha value is -2.03. The summed E-state index contributed by atoms with van der Waals surface area (Å²) in [6.45, 7) is 4.20. The summed E-state index contributed by atoms with van der Waals surface area (Å²) in [6.07, 6.45) is 1.93. The summed E-state index contributed by atoms with van der Waals surface area (Å²) in [5, 5.41) is 2.29. The number of benzene rings is 1. The molecule has 3 rings (SSSR count). The molecule has 2 aromatic heterocycles. The molecule has 0 aliphatic carbocycles. The average molecular weight is 226 g/mol. The van der Waals surface area contributed by atoms with Gasteiger partial charge in [-0.15, -0.1) is 0 Å². The lowest BCUT2D eigenvalue weighted by molar-refractivity contribution is 0.415. The zero-order valence-corrected chi connectivity index (χ0v) is 10.2. The second-order valence-corrected chi connectivity index (χ2v) is 4.30. The van der Waals surface area contributed by atoms with Gasteiger partial charge in [0.25, 0.3) is 0 Å². The van der Waals surface area contributed by atoms with Gasteiger partial charge in [-0.2, -0.15) is 0 Å².